The van der Waals surface area contributed by atoms with Crippen molar-refractivity contribution in [2.75, 3.05) is 0 Å². The molecule has 120 valence electrons. The summed E-state index contributed by atoms with van der Waals surface area (Å²) in [6, 6.07) is 0. The number of hydrogen-bond donors (Lipinski definition) is 1. The lowest BCUT2D eigenvalue weighted by atomic mass is 9.80. The highest BCUT2D eigenvalue weighted by Gasteiger charge is 2.38. The van der Waals surface area contributed by atoms with E-state index in [4.69, 9.17) is 4.42 Å². The molecule has 0 fully saturated rings. The van der Waals surface area contributed by atoms with Crippen molar-refractivity contribution in [3.05, 3.63) is 17.0 Å². The van der Waals surface area contributed by atoms with Crippen molar-refractivity contribution >= 4 is 17.3 Å². The van der Waals surface area contributed by atoms with Gasteiger partial charge >= 0.3 is 5.97 Å². The van der Waals surface area contributed by atoms with E-state index in [1.54, 1.807) is 20.8 Å². The van der Waals surface area contributed by atoms with E-state index in [0.29, 0.717) is 22.7 Å². The third-order valence-electron chi connectivity index (χ3n) is 3.80. The average molecular weight is 323 g/mol. The Balaban J connectivity index is 2.21. The Labute approximate surface area is 133 Å². The minimum atomic E-state index is -0.977. The van der Waals surface area contributed by atoms with Gasteiger partial charge in [-0.1, -0.05) is 20.8 Å². The molecule has 0 aliphatic rings. The predicted octanol–water partition coefficient (Wildman–Crippen LogP) is 3.61. The zero-order chi connectivity index (χ0) is 16.5. The molecule has 2 aromatic rings. The first kappa shape index (κ1) is 16.6. The van der Waals surface area contributed by atoms with Crippen LogP contribution >= 0.6 is 11.3 Å². The molecule has 0 saturated heterocycles. The van der Waals surface area contributed by atoms with Crippen LogP contribution in [0, 0.1) is 11.3 Å². The molecule has 1 N–H and O–H groups in total. The zero-order valence-electron chi connectivity index (χ0n) is 13.5. The first-order valence-electron chi connectivity index (χ1n) is 7.23. The number of carboxylic acid groups (broad SMARTS) is 1. The van der Waals surface area contributed by atoms with Crippen LogP contribution in [0.3, 0.4) is 0 Å². The van der Waals surface area contributed by atoms with Crippen LogP contribution in [0.25, 0.3) is 10.9 Å². The minimum Gasteiger partial charge on any atom is -0.481 e. The molecule has 0 bridgehead atoms. The van der Waals surface area contributed by atoms with Crippen molar-refractivity contribution in [2.45, 2.75) is 47.0 Å². The molecular formula is C15H21N3O3S. The van der Waals surface area contributed by atoms with E-state index >= 15 is 0 Å². The summed E-state index contributed by atoms with van der Waals surface area (Å²) in [5, 5.41) is 20.0. The van der Waals surface area contributed by atoms with Crippen LogP contribution in [0.15, 0.2) is 9.80 Å². The van der Waals surface area contributed by atoms with E-state index in [9.17, 15) is 9.90 Å². The van der Waals surface area contributed by atoms with Crippen LogP contribution in [0.1, 0.15) is 52.1 Å². The molecule has 22 heavy (non-hydrogen) atoms. The van der Waals surface area contributed by atoms with Crippen molar-refractivity contribution in [1.29, 1.82) is 0 Å². The van der Waals surface area contributed by atoms with Gasteiger partial charge in [-0.15, -0.1) is 21.5 Å². The maximum absolute atomic E-state index is 11.3. The summed E-state index contributed by atoms with van der Waals surface area (Å²) in [7, 11) is 0. The third kappa shape index (κ3) is 3.35. The lowest BCUT2D eigenvalue weighted by molar-refractivity contribution is -0.148. The van der Waals surface area contributed by atoms with E-state index in [1.165, 1.54) is 11.3 Å². The van der Waals surface area contributed by atoms with Gasteiger partial charge < -0.3 is 9.52 Å². The molecule has 0 spiro atoms. The van der Waals surface area contributed by atoms with Gasteiger partial charge in [-0.25, -0.2) is 4.98 Å². The Bertz CT molecular complexity index is 661. The van der Waals surface area contributed by atoms with Gasteiger partial charge in [0, 0.05) is 5.38 Å². The molecular weight excluding hydrogens is 302 g/mol. The summed E-state index contributed by atoms with van der Waals surface area (Å²) in [6.45, 7) is 9.35. The van der Waals surface area contributed by atoms with Gasteiger partial charge in [0.1, 0.15) is 0 Å². The lowest BCUT2D eigenvalue weighted by Crippen LogP contribution is -2.29. The molecule has 1 unspecified atom stereocenters. The number of carboxylic acids is 1. The van der Waals surface area contributed by atoms with E-state index in [-0.39, 0.29) is 5.92 Å². The quantitative estimate of drug-likeness (QED) is 0.873. The van der Waals surface area contributed by atoms with Crippen LogP contribution in [-0.2, 0) is 11.2 Å². The summed E-state index contributed by atoms with van der Waals surface area (Å²) < 4.78 is 5.65. The van der Waals surface area contributed by atoms with Crippen LogP contribution in [0.5, 0.6) is 0 Å². The minimum absolute atomic E-state index is 0.322. The molecule has 0 radical (unpaired) electrons. The second-order valence-electron chi connectivity index (χ2n) is 6.44. The molecule has 0 aliphatic heterocycles. The molecule has 0 aliphatic carbocycles. The molecule has 2 rings (SSSR count). The van der Waals surface area contributed by atoms with Gasteiger partial charge in [-0.3, -0.25) is 4.79 Å². The van der Waals surface area contributed by atoms with E-state index < -0.39 is 11.4 Å². The maximum atomic E-state index is 11.3. The summed E-state index contributed by atoms with van der Waals surface area (Å²) >= 11 is 1.46. The summed E-state index contributed by atoms with van der Waals surface area (Å²) in [4.78, 5) is 15.8. The van der Waals surface area contributed by atoms with Crippen molar-refractivity contribution in [2.24, 2.45) is 11.3 Å². The normalized spacial score (nSPS) is 13.5. The maximum Gasteiger partial charge on any atom is 0.309 e. The monoisotopic (exact) mass is 323 g/mol. The standard InChI is InChI=1S/C15H21N3O3S/c1-8(2)6-10-7-22-13(16-10)12-18-17-11(21-12)9(3)15(4,5)14(19)20/h7-9H,6H2,1-5H3,(H,19,20). The predicted molar refractivity (Wildman–Crippen MR) is 83.8 cm³/mol. The van der Waals surface area contributed by atoms with E-state index in [1.807, 2.05) is 5.38 Å². The Morgan fingerprint density at radius 2 is 2.05 bits per heavy atom. The van der Waals surface area contributed by atoms with Crippen molar-refractivity contribution < 1.29 is 14.3 Å². The number of nitrogens with zero attached hydrogens (tertiary/aromatic N) is 3. The molecule has 2 aromatic heterocycles. The lowest BCUT2D eigenvalue weighted by Gasteiger charge is -2.23. The fraction of sp³-hybridized carbons (Fsp3) is 0.600. The number of rotatable bonds is 6. The van der Waals surface area contributed by atoms with E-state index in [2.05, 4.69) is 29.0 Å². The number of aromatic nitrogens is 3. The average Bonchev–Trinajstić information content (AvgIpc) is 3.05. The molecule has 2 heterocycles. The first-order valence-corrected chi connectivity index (χ1v) is 8.11. The highest BCUT2D eigenvalue weighted by atomic mass is 32.1. The molecule has 1 atom stereocenters. The van der Waals surface area contributed by atoms with Crippen LogP contribution < -0.4 is 0 Å². The number of aliphatic carboxylic acids is 1. The molecule has 6 nitrogen and oxygen atoms in total. The van der Waals surface area contributed by atoms with Crippen LogP contribution in [0.2, 0.25) is 0 Å². The van der Waals surface area contributed by atoms with Crippen LogP contribution in [0.4, 0.5) is 0 Å². The molecule has 0 amide bonds. The Hall–Kier alpha value is -1.76. The van der Waals surface area contributed by atoms with Gasteiger partial charge in [0.15, 0.2) is 5.01 Å². The summed E-state index contributed by atoms with van der Waals surface area (Å²) in [5.41, 5.74) is 0.0313. The second kappa shape index (κ2) is 6.16. The molecule has 0 aromatic carbocycles. The Morgan fingerprint density at radius 1 is 1.36 bits per heavy atom. The fourth-order valence-electron chi connectivity index (χ4n) is 1.91. The third-order valence-corrected chi connectivity index (χ3v) is 4.68. The van der Waals surface area contributed by atoms with Gasteiger partial charge in [0.2, 0.25) is 5.89 Å². The van der Waals surface area contributed by atoms with E-state index in [0.717, 1.165) is 12.1 Å². The number of thiazole rings is 1. The largest absolute Gasteiger partial charge is 0.481 e. The smallest absolute Gasteiger partial charge is 0.309 e. The zero-order valence-corrected chi connectivity index (χ0v) is 14.3. The summed E-state index contributed by atoms with van der Waals surface area (Å²) in [5.74, 6) is -0.0785. The topological polar surface area (TPSA) is 89.1 Å². The Morgan fingerprint density at radius 3 is 2.64 bits per heavy atom. The van der Waals surface area contributed by atoms with Crippen molar-refractivity contribution in [3.8, 4) is 10.9 Å². The molecule has 0 saturated carbocycles. The van der Waals surface area contributed by atoms with Gasteiger partial charge in [0.05, 0.1) is 17.0 Å². The first-order chi connectivity index (χ1) is 10.2. The highest BCUT2D eigenvalue weighted by molar-refractivity contribution is 7.13. The fourth-order valence-corrected chi connectivity index (χ4v) is 2.66. The van der Waals surface area contributed by atoms with Gasteiger partial charge in [-0.05, 0) is 26.2 Å². The van der Waals surface area contributed by atoms with Gasteiger partial charge in [-0.2, -0.15) is 0 Å². The van der Waals surface area contributed by atoms with Crippen molar-refractivity contribution in [1.82, 2.24) is 15.2 Å². The Kier molecular flexibility index (Phi) is 4.65. The molecule has 7 heteroatoms. The number of carbonyl (C=O) groups is 1. The second-order valence-corrected chi connectivity index (χ2v) is 7.29. The van der Waals surface area contributed by atoms with Crippen molar-refractivity contribution in [3.63, 3.8) is 0 Å². The number of hydrogen-bond acceptors (Lipinski definition) is 6. The highest BCUT2D eigenvalue weighted by Crippen LogP contribution is 2.36. The van der Waals surface area contributed by atoms with Crippen LogP contribution in [-0.4, -0.2) is 26.3 Å². The van der Waals surface area contributed by atoms with Gasteiger partial charge in [0.25, 0.3) is 5.89 Å². The summed E-state index contributed by atoms with van der Waals surface area (Å²) in [6.07, 6.45) is 0.903. The SMILES string of the molecule is CC(C)Cc1csc(-c2nnc(C(C)C(C)(C)C(=O)O)o2)n1.